The number of thioether (sulfide) groups is 1. The van der Waals surface area contributed by atoms with E-state index in [0.29, 0.717) is 76.4 Å². The van der Waals surface area contributed by atoms with Gasteiger partial charge in [-0.1, -0.05) is 13.8 Å². The van der Waals surface area contributed by atoms with Crippen LogP contribution in [0.3, 0.4) is 0 Å². The average molecular weight is 535 g/mol. The van der Waals surface area contributed by atoms with Gasteiger partial charge < -0.3 is 39.1 Å². The second-order valence-corrected chi connectivity index (χ2v) is 10.8. The van der Waals surface area contributed by atoms with E-state index in [-0.39, 0.29) is 36.7 Å². The van der Waals surface area contributed by atoms with Crippen molar-refractivity contribution in [1.82, 2.24) is 10.6 Å². The van der Waals surface area contributed by atoms with Crippen molar-refractivity contribution in [2.45, 2.75) is 75.9 Å². The lowest BCUT2D eigenvalue weighted by atomic mass is 9.97. The van der Waals surface area contributed by atoms with E-state index in [1.807, 2.05) is 11.8 Å². The maximum atomic E-state index is 11.9. The highest BCUT2D eigenvalue weighted by molar-refractivity contribution is 8.00. The van der Waals surface area contributed by atoms with Gasteiger partial charge in [-0.15, -0.1) is 0 Å². The highest BCUT2D eigenvalue weighted by Gasteiger charge is 2.24. The molecule has 0 radical (unpaired) electrons. The van der Waals surface area contributed by atoms with Crippen molar-refractivity contribution in [2.75, 3.05) is 65.9 Å². The second kappa shape index (κ2) is 21.7. The standard InChI is InChI=1S/C25H46N2O8S/c1-20(2)36-23-7-5-22(6-8-23)35-25(30)27-11-13-32-15-17-34-19-18-33-16-14-31-12-10-26-24(29)9-4-21(3)28/h20,22-23H,4-19H2,1-3H3,(H,26,29)(H,27,30). The highest BCUT2D eigenvalue weighted by atomic mass is 32.2. The minimum atomic E-state index is -0.370. The fraction of sp³-hybridized carbons (Fsp3) is 0.880. The van der Waals surface area contributed by atoms with Crippen LogP contribution in [0.25, 0.3) is 0 Å². The fourth-order valence-electron chi connectivity index (χ4n) is 3.49. The van der Waals surface area contributed by atoms with Crippen molar-refractivity contribution in [2.24, 2.45) is 0 Å². The smallest absolute Gasteiger partial charge is 0.407 e. The van der Waals surface area contributed by atoms with E-state index in [1.54, 1.807) is 0 Å². The van der Waals surface area contributed by atoms with Crippen LogP contribution < -0.4 is 10.6 Å². The lowest BCUT2D eigenvalue weighted by molar-refractivity contribution is -0.124. The number of rotatable bonds is 21. The number of ketones is 1. The number of carbonyl (C=O) groups is 3. The van der Waals surface area contributed by atoms with E-state index < -0.39 is 0 Å². The SMILES string of the molecule is CC(=O)CCC(=O)NCCOCCOCCOCCOCCNC(=O)OC1CCC(SC(C)C)CC1. The maximum absolute atomic E-state index is 11.9. The van der Waals surface area contributed by atoms with Gasteiger partial charge in [0.1, 0.15) is 11.9 Å². The fourth-order valence-corrected chi connectivity index (χ4v) is 4.81. The molecule has 0 aromatic carbocycles. The van der Waals surface area contributed by atoms with Crippen LogP contribution >= 0.6 is 11.8 Å². The van der Waals surface area contributed by atoms with Gasteiger partial charge in [-0.2, -0.15) is 11.8 Å². The summed E-state index contributed by atoms with van der Waals surface area (Å²) >= 11 is 2.02. The highest BCUT2D eigenvalue weighted by Crippen LogP contribution is 2.32. The third kappa shape index (κ3) is 19.7. The van der Waals surface area contributed by atoms with Gasteiger partial charge in [0.05, 0.1) is 52.9 Å². The molecule has 0 spiro atoms. The summed E-state index contributed by atoms with van der Waals surface area (Å²) in [6.45, 7) is 10.2. The Kier molecular flexibility index (Phi) is 19.6. The number of hydrogen-bond acceptors (Lipinski definition) is 9. The minimum Gasteiger partial charge on any atom is -0.446 e. The number of alkyl carbamates (subject to hydrolysis) is 1. The van der Waals surface area contributed by atoms with Gasteiger partial charge in [0.2, 0.25) is 5.91 Å². The van der Waals surface area contributed by atoms with Gasteiger partial charge in [-0.05, 0) is 37.9 Å². The molecule has 1 aliphatic rings. The molecule has 0 aliphatic heterocycles. The molecule has 11 heteroatoms. The Hall–Kier alpha value is -1.40. The molecule has 1 rings (SSSR count). The lowest BCUT2D eigenvalue weighted by Crippen LogP contribution is -2.33. The molecule has 36 heavy (non-hydrogen) atoms. The Morgan fingerprint density at radius 2 is 1.25 bits per heavy atom. The summed E-state index contributed by atoms with van der Waals surface area (Å²) in [7, 11) is 0. The van der Waals surface area contributed by atoms with Crippen molar-refractivity contribution < 1.29 is 38.1 Å². The molecular weight excluding hydrogens is 488 g/mol. The first kappa shape index (κ1) is 32.6. The zero-order valence-electron chi connectivity index (χ0n) is 22.2. The Labute approximate surface area is 220 Å². The quantitative estimate of drug-likeness (QED) is 0.214. The summed E-state index contributed by atoms with van der Waals surface area (Å²) in [5.74, 6) is -0.139. The molecule has 0 atom stereocenters. The normalized spacial score (nSPS) is 17.7. The van der Waals surface area contributed by atoms with Crippen molar-refractivity contribution in [3.63, 3.8) is 0 Å². The van der Waals surface area contributed by atoms with Crippen LogP contribution in [0.4, 0.5) is 4.79 Å². The molecule has 0 aromatic rings. The van der Waals surface area contributed by atoms with Crippen molar-refractivity contribution >= 4 is 29.5 Å². The van der Waals surface area contributed by atoms with Gasteiger partial charge in [0.15, 0.2) is 0 Å². The topological polar surface area (TPSA) is 121 Å². The zero-order chi connectivity index (χ0) is 26.4. The third-order valence-corrected chi connectivity index (χ3v) is 6.66. The number of Topliss-reactive ketones (excluding diaryl/α,β-unsaturated/α-hetero) is 1. The van der Waals surface area contributed by atoms with Crippen LogP contribution in [0.15, 0.2) is 0 Å². The van der Waals surface area contributed by atoms with Crippen molar-refractivity contribution in [1.29, 1.82) is 0 Å². The molecule has 0 saturated heterocycles. The Morgan fingerprint density at radius 3 is 1.75 bits per heavy atom. The first-order valence-electron chi connectivity index (χ1n) is 13.0. The van der Waals surface area contributed by atoms with Crippen LogP contribution in [0, 0.1) is 0 Å². The van der Waals surface area contributed by atoms with Crippen LogP contribution in [0.5, 0.6) is 0 Å². The predicted molar refractivity (Wildman–Crippen MR) is 139 cm³/mol. The summed E-state index contributed by atoms with van der Waals surface area (Å²) in [6.07, 6.45) is 4.22. The molecule has 10 nitrogen and oxygen atoms in total. The third-order valence-electron chi connectivity index (χ3n) is 5.26. The molecule has 1 fully saturated rings. The van der Waals surface area contributed by atoms with E-state index in [4.69, 9.17) is 23.7 Å². The number of hydrogen-bond donors (Lipinski definition) is 2. The van der Waals surface area contributed by atoms with Crippen LogP contribution in [0.2, 0.25) is 0 Å². The summed E-state index contributed by atoms with van der Waals surface area (Å²) in [6, 6.07) is 0. The Balaban J connectivity index is 1.78. The molecule has 0 heterocycles. The molecule has 2 amide bonds. The van der Waals surface area contributed by atoms with Gasteiger partial charge in [-0.3, -0.25) is 4.79 Å². The summed E-state index contributed by atoms with van der Waals surface area (Å²) < 4.78 is 27.1. The summed E-state index contributed by atoms with van der Waals surface area (Å²) in [4.78, 5) is 34.1. The van der Waals surface area contributed by atoms with E-state index in [0.717, 1.165) is 25.7 Å². The molecule has 0 bridgehead atoms. The Bertz CT molecular complexity index is 601. The molecule has 0 aromatic heterocycles. The van der Waals surface area contributed by atoms with Gasteiger partial charge in [0, 0.05) is 31.2 Å². The molecule has 2 N–H and O–H groups in total. The van der Waals surface area contributed by atoms with Crippen molar-refractivity contribution in [3.8, 4) is 0 Å². The predicted octanol–water partition coefficient (Wildman–Crippen LogP) is 2.72. The number of carbonyl (C=O) groups excluding carboxylic acids is 3. The van der Waals surface area contributed by atoms with Crippen LogP contribution in [-0.2, 0) is 33.3 Å². The minimum absolute atomic E-state index is 0.00504. The lowest BCUT2D eigenvalue weighted by Gasteiger charge is -2.28. The van der Waals surface area contributed by atoms with E-state index in [1.165, 1.54) is 6.92 Å². The van der Waals surface area contributed by atoms with E-state index in [2.05, 4.69) is 24.5 Å². The summed E-state index contributed by atoms with van der Waals surface area (Å²) in [5, 5.41) is 6.76. The number of nitrogens with one attached hydrogen (secondary N) is 2. The van der Waals surface area contributed by atoms with E-state index >= 15 is 0 Å². The first-order chi connectivity index (χ1) is 17.4. The monoisotopic (exact) mass is 534 g/mol. The number of ether oxygens (including phenoxy) is 5. The molecule has 210 valence electrons. The summed E-state index contributed by atoms with van der Waals surface area (Å²) in [5.41, 5.74) is 0. The first-order valence-corrected chi connectivity index (χ1v) is 14.0. The van der Waals surface area contributed by atoms with Gasteiger partial charge >= 0.3 is 6.09 Å². The van der Waals surface area contributed by atoms with Crippen LogP contribution in [-0.4, -0.2) is 100 Å². The second-order valence-electron chi connectivity index (χ2n) is 8.92. The largest absolute Gasteiger partial charge is 0.446 e. The average Bonchev–Trinajstić information content (AvgIpc) is 2.83. The molecule has 1 saturated carbocycles. The Morgan fingerprint density at radius 1 is 0.750 bits per heavy atom. The molecule has 0 unspecified atom stereocenters. The maximum Gasteiger partial charge on any atom is 0.407 e. The molecular formula is C25H46N2O8S. The zero-order valence-corrected chi connectivity index (χ0v) is 23.0. The van der Waals surface area contributed by atoms with Crippen LogP contribution in [0.1, 0.15) is 59.3 Å². The van der Waals surface area contributed by atoms with Crippen molar-refractivity contribution in [3.05, 3.63) is 0 Å². The van der Waals surface area contributed by atoms with Gasteiger partial charge in [0.25, 0.3) is 0 Å². The van der Waals surface area contributed by atoms with Gasteiger partial charge in [-0.25, -0.2) is 4.79 Å². The number of amides is 2. The molecule has 1 aliphatic carbocycles. The van der Waals surface area contributed by atoms with E-state index in [9.17, 15) is 14.4 Å².